The summed E-state index contributed by atoms with van der Waals surface area (Å²) in [6.07, 6.45) is 1.55. The highest BCUT2D eigenvalue weighted by Crippen LogP contribution is 2.28. The van der Waals surface area contributed by atoms with Crippen LogP contribution in [-0.2, 0) is 9.84 Å². The number of hydrogen-bond donors (Lipinski definition) is 2. The lowest BCUT2D eigenvalue weighted by Crippen LogP contribution is -2.12. The molecule has 0 atom stereocenters. The number of aromatic nitrogens is 2. The molecule has 9 heteroatoms. The van der Waals surface area contributed by atoms with Crippen LogP contribution in [0.5, 0.6) is 11.6 Å². The van der Waals surface area contributed by atoms with Crippen molar-refractivity contribution >= 4 is 43.8 Å². The number of anilines is 3. The molecule has 0 unspecified atom stereocenters. The zero-order valence-electron chi connectivity index (χ0n) is 20.5. The van der Waals surface area contributed by atoms with Crippen molar-refractivity contribution in [2.75, 3.05) is 16.4 Å². The van der Waals surface area contributed by atoms with Crippen LogP contribution < -0.4 is 15.4 Å². The van der Waals surface area contributed by atoms with Crippen LogP contribution >= 0.6 is 0 Å². The molecule has 0 spiro atoms. The van der Waals surface area contributed by atoms with E-state index in [-0.39, 0.29) is 22.5 Å². The third-order valence-corrected chi connectivity index (χ3v) is 7.54. The van der Waals surface area contributed by atoms with Crippen LogP contribution in [0.4, 0.5) is 17.3 Å². The van der Waals surface area contributed by atoms with Gasteiger partial charge in [-0.3, -0.25) is 4.79 Å². The first-order valence-electron chi connectivity index (χ1n) is 11.9. The van der Waals surface area contributed by atoms with E-state index in [1.54, 1.807) is 55.6 Å². The molecule has 0 saturated carbocycles. The molecule has 8 nitrogen and oxygen atoms in total. The molecule has 1 amide bonds. The van der Waals surface area contributed by atoms with Crippen molar-refractivity contribution in [3.8, 4) is 11.6 Å². The van der Waals surface area contributed by atoms with Crippen molar-refractivity contribution in [1.82, 2.24) is 9.97 Å². The van der Waals surface area contributed by atoms with Gasteiger partial charge in [0, 0.05) is 29.2 Å². The fourth-order valence-electron chi connectivity index (χ4n) is 3.89. The maximum Gasteiger partial charge on any atom is 0.256 e. The summed E-state index contributed by atoms with van der Waals surface area (Å²) in [7, 11) is -3.33. The first-order valence-corrected chi connectivity index (χ1v) is 13.6. The highest BCUT2D eigenvalue weighted by Gasteiger charge is 2.13. The second-order valence-electron chi connectivity index (χ2n) is 8.39. The lowest BCUT2D eigenvalue weighted by molar-refractivity contribution is 0.102. The number of carbonyl (C=O) groups is 1. The number of carbonyl (C=O) groups excluding carboxylic acids is 1. The number of nitrogens with zero attached hydrogens (tertiary/aromatic N) is 2. The number of rotatable bonds is 8. The van der Waals surface area contributed by atoms with Crippen molar-refractivity contribution in [2.45, 2.75) is 11.8 Å². The van der Waals surface area contributed by atoms with E-state index in [1.807, 2.05) is 54.6 Å². The van der Waals surface area contributed by atoms with Crippen molar-refractivity contribution in [3.05, 3.63) is 109 Å². The number of hydrogen-bond acceptors (Lipinski definition) is 7. The van der Waals surface area contributed by atoms with Gasteiger partial charge in [0.05, 0.1) is 10.6 Å². The molecule has 0 saturated heterocycles. The average Bonchev–Trinajstić information content (AvgIpc) is 2.93. The van der Waals surface area contributed by atoms with Crippen LogP contribution in [0.15, 0.2) is 108 Å². The Morgan fingerprint density at radius 1 is 0.868 bits per heavy atom. The van der Waals surface area contributed by atoms with Crippen LogP contribution in [0.2, 0.25) is 0 Å². The molecule has 190 valence electrons. The molecule has 4 aromatic carbocycles. The standard InChI is InChI=1S/C29H24N4O4S/c1-2-38(35,36)24-12-7-11-22(19-24)32-29-30-17-16-27(33-29)37-23-14-15-25-20(18-23)8-6-13-26(25)28(34)31-21-9-4-3-5-10-21/h3-19H,2H2,1H3,(H,31,34)(H,30,32,33). The van der Waals surface area contributed by atoms with Gasteiger partial charge in [-0.05, 0) is 65.4 Å². The smallest absolute Gasteiger partial charge is 0.256 e. The number of fused-ring (bicyclic) bond motifs is 1. The fraction of sp³-hybridized carbons (Fsp3) is 0.0690. The number of para-hydroxylation sites is 1. The van der Waals surface area contributed by atoms with Crippen LogP contribution in [0.1, 0.15) is 17.3 Å². The van der Waals surface area contributed by atoms with E-state index >= 15 is 0 Å². The predicted octanol–water partition coefficient (Wildman–Crippen LogP) is 6.21. The second-order valence-corrected chi connectivity index (χ2v) is 10.7. The normalized spacial score (nSPS) is 11.2. The maximum absolute atomic E-state index is 12.9. The fourth-order valence-corrected chi connectivity index (χ4v) is 4.81. The third-order valence-electron chi connectivity index (χ3n) is 5.81. The van der Waals surface area contributed by atoms with E-state index in [0.29, 0.717) is 22.9 Å². The third kappa shape index (κ3) is 5.63. The van der Waals surface area contributed by atoms with Crippen molar-refractivity contribution in [1.29, 1.82) is 0 Å². The zero-order valence-corrected chi connectivity index (χ0v) is 21.3. The molecule has 2 N–H and O–H groups in total. The van der Waals surface area contributed by atoms with Gasteiger partial charge in [0.25, 0.3) is 5.91 Å². The number of ether oxygens (including phenoxy) is 1. The summed E-state index contributed by atoms with van der Waals surface area (Å²) in [5, 5.41) is 7.57. The van der Waals surface area contributed by atoms with Gasteiger partial charge in [-0.1, -0.05) is 43.3 Å². The first kappa shape index (κ1) is 24.9. The molecule has 0 fully saturated rings. The molecule has 0 aliphatic heterocycles. The largest absolute Gasteiger partial charge is 0.439 e. The van der Waals surface area contributed by atoms with E-state index in [2.05, 4.69) is 20.6 Å². The van der Waals surface area contributed by atoms with Crippen LogP contribution in [-0.4, -0.2) is 30.0 Å². The van der Waals surface area contributed by atoms with E-state index in [9.17, 15) is 13.2 Å². The minimum atomic E-state index is -3.33. The number of nitrogens with one attached hydrogen (secondary N) is 2. The SMILES string of the molecule is CCS(=O)(=O)c1cccc(Nc2nccc(Oc3ccc4c(C(=O)Nc5ccccc5)cccc4c3)n2)c1. The van der Waals surface area contributed by atoms with Gasteiger partial charge in [0.1, 0.15) is 5.75 Å². The van der Waals surface area contributed by atoms with E-state index in [4.69, 9.17) is 4.74 Å². The molecule has 0 aliphatic carbocycles. The lowest BCUT2D eigenvalue weighted by Gasteiger charge is -2.11. The highest BCUT2D eigenvalue weighted by atomic mass is 32.2. The van der Waals surface area contributed by atoms with Gasteiger partial charge in [0.15, 0.2) is 9.84 Å². The summed E-state index contributed by atoms with van der Waals surface area (Å²) in [6, 6.07) is 28.4. The molecule has 5 rings (SSSR count). The Bertz CT molecular complexity index is 1720. The monoisotopic (exact) mass is 524 g/mol. The Morgan fingerprint density at radius 3 is 2.47 bits per heavy atom. The Labute approximate surface area is 220 Å². The summed E-state index contributed by atoms with van der Waals surface area (Å²) in [6.45, 7) is 1.60. The molecule has 1 aromatic heterocycles. The molecule has 38 heavy (non-hydrogen) atoms. The summed E-state index contributed by atoms with van der Waals surface area (Å²) in [4.78, 5) is 21.7. The van der Waals surface area contributed by atoms with Gasteiger partial charge in [-0.2, -0.15) is 4.98 Å². The number of amides is 1. The molecular formula is C29H24N4O4S. The molecule has 0 radical (unpaired) electrons. The van der Waals surface area contributed by atoms with Crippen molar-refractivity contribution < 1.29 is 17.9 Å². The van der Waals surface area contributed by atoms with Crippen molar-refractivity contribution in [3.63, 3.8) is 0 Å². The molecule has 5 aromatic rings. The van der Waals surface area contributed by atoms with Crippen LogP contribution in [0, 0.1) is 0 Å². The van der Waals surface area contributed by atoms with E-state index in [0.717, 1.165) is 16.5 Å². The Kier molecular flexibility index (Phi) is 7.01. The second kappa shape index (κ2) is 10.7. The molecule has 1 heterocycles. The number of benzene rings is 4. The summed E-state index contributed by atoms with van der Waals surface area (Å²) < 4.78 is 30.4. The highest BCUT2D eigenvalue weighted by molar-refractivity contribution is 7.91. The van der Waals surface area contributed by atoms with Crippen LogP contribution in [0.3, 0.4) is 0 Å². The Hall–Kier alpha value is -4.76. The lowest BCUT2D eigenvalue weighted by atomic mass is 10.0. The van der Waals surface area contributed by atoms with Gasteiger partial charge >= 0.3 is 0 Å². The van der Waals surface area contributed by atoms with Crippen molar-refractivity contribution in [2.24, 2.45) is 0 Å². The summed E-state index contributed by atoms with van der Waals surface area (Å²) >= 11 is 0. The predicted molar refractivity (Wildman–Crippen MR) is 148 cm³/mol. The van der Waals surface area contributed by atoms with E-state index < -0.39 is 9.84 Å². The van der Waals surface area contributed by atoms with Gasteiger partial charge in [-0.25, -0.2) is 13.4 Å². The van der Waals surface area contributed by atoms with Gasteiger partial charge in [0.2, 0.25) is 11.8 Å². The number of sulfone groups is 1. The summed E-state index contributed by atoms with van der Waals surface area (Å²) in [5.41, 5.74) is 1.82. The Balaban J connectivity index is 1.34. The quantitative estimate of drug-likeness (QED) is 0.248. The van der Waals surface area contributed by atoms with E-state index in [1.165, 1.54) is 0 Å². The average molecular weight is 525 g/mol. The molecular weight excluding hydrogens is 500 g/mol. The van der Waals surface area contributed by atoms with Gasteiger partial charge < -0.3 is 15.4 Å². The van der Waals surface area contributed by atoms with Gasteiger partial charge in [-0.15, -0.1) is 0 Å². The Morgan fingerprint density at radius 2 is 1.66 bits per heavy atom. The minimum Gasteiger partial charge on any atom is -0.439 e. The topological polar surface area (TPSA) is 110 Å². The first-order chi connectivity index (χ1) is 18.4. The molecule has 0 bridgehead atoms. The zero-order chi connectivity index (χ0) is 26.5. The van der Waals surface area contributed by atoms with Crippen LogP contribution in [0.25, 0.3) is 10.8 Å². The minimum absolute atomic E-state index is 0.0151. The molecule has 0 aliphatic rings. The maximum atomic E-state index is 12.9. The summed E-state index contributed by atoms with van der Waals surface area (Å²) in [5.74, 6) is 0.921.